The summed E-state index contributed by atoms with van der Waals surface area (Å²) in [5.74, 6) is 1.05. The maximum atomic E-state index is 11.5. The summed E-state index contributed by atoms with van der Waals surface area (Å²) in [6, 6.07) is 8.11. The Morgan fingerprint density at radius 3 is 2.50 bits per heavy atom. The second-order valence-electron chi connectivity index (χ2n) is 11.8. The molecule has 0 amide bonds. The van der Waals surface area contributed by atoms with Crippen molar-refractivity contribution in [1.29, 1.82) is 0 Å². The average Bonchev–Trinajstić information content (AvgIpc) is 3.60. The number of halogens is 1. The molecule has 6 nitrogen and oxygen atoms in total. The Kier molecular flexibility index (Phi) is 7.23. The first-order valence-electron chi connectivity index (χ1n) is 14.4. The maximum absolute atomic E-state index is 11.5. The van der Waals surface area contributed by atoms with Gasteiger partial charge in [-0.05, 0) is 74.1 Å². The number of fused-ring (bicyclic) bond motifs is 2. The van der Waals surface area contributed by atoms with Crippen LogP contribution in [0.15, 0.2) is 43.1 Å². The van der Waals surface area contributed by atoms with Gasteiger partial charge in [-0.2, -0.15) is 0 Å². The first-order valence-corrected chi connectivity index (χ1v) is 14.7. The van der Waals surface area contributed by atoms with Gasteiger partial charge in [0.1, 0.15) is 0 Å². The van der Waals surface area contributed by atoms with Crippen LogP contribution in [-0.4, -0.2) is 29.0 Å². The number of imidazole rings is 2. The van der Waals surface area contributed by atoms with E-state index in [1.54, 1.807) is 12.5 Å². The maximum Gasteiger partial charge on any atom is 0.0998 e. The Balaban J connectivity index is 1.26. The molecule has 0 saturated heterocycles. The number of aliphatic hydroxyl groups is 2. The third-order valence-corrected chi connectivity index (χ3v) is 9.88. The van der Waals surface area contributed by atoms with Crippen LogP contribution in [0.3, 0.4) is 0 Å². The van der Waals surface area contributed by atoms with E-state index in [-0.39, 0.29) is 5.92 Å². The molecule has 0 aromatic carbocycles. The molecule has 6 rings (SSSR count). The molecular formula is C31H39ClN4O2. The molecule has 0 bridgehead atoms. The minimum absolute atomic E-state index is 0.0445. The van der Waals surface area contributed by atoms with Crippen molar-refractivity contribution in [2.24, 2.45) is 17.8 Å². The summed E-state index contributed by atoms with van der Waals surface area (Å²) in [6.45, 7) is 4.25. The Morgan fingerprint density at radius 2 is 1.68 bits per heavy atom. The van der Waals surface area contributed by atoms with E-state index in [0.29, 0.717) is 22.8 Å². The molecule has 202 valence electrons. The lowest BCUT2D eigenvalue weighted by atomic mass is 9.72. The zero-order valence-electron chi connectivity index (χ0n) is 22.4. The third-order valence-electron chi connectivity index (χ3n) is 9.56. The SMILES string of the molecule is Cc1ccc2c(C3CCCC(C(C)C(O)c4c(Cl)ccc5cncn45)C3)ncn2c1C(O)C1CCCCC1. The number of aryl methyl sites for hydroxylation is 1. The second kappa shape index (κ2) is 10.6. The molecule has 7 heteroatoms. The Hall–Kier alpha value is -2.41. The Labute approximate surface area is 229 Å². The highest BCUT2D eigenvalue weighted by molar-refractivity contribution is 6.31. The van der Waals surface area contributed by atoms with E-state index >= 15 is 0 Å². The average molecular weight is 535 g/mol. The predicted molar refractivity (Wildman–Crippen MR) is 150 cm³/mol. The first kappa shape index (κ1) is 25.8. The van der Waals surface area contributed by atoms with Crippen molar-refractivity contribution >= 4 is 22.6 Å². The molecule has 4 aromatic heterocycles. The van der Waals surface area contributed by atoms with Gasteiger partial charge in [-0.25, -0.2) is 9.97 Å². The topological polar surface area (TPSA) is 75.1 Å². The van der Waals surface area contributed by atoms with Gasteiger partial charge in [0.25, 0.3) is 0 Å². The fourth-order valence-electron chi connectivity index (χ4n) is 7.31. The summed E-state index contributed by atoms with van der Waals surface area (Å²) in [6.07, 6.45) is 14.5. The zero-order chi connectivity index (χ0) is 26.4. The van der Waals surface area contributed by atoms with Crippen molar-refractivity contribution < 1.29 is 10.2 Å². The van der Waals surface area contributed by atoms with Gasteiger partial charge in [-0.1, -0.05) is 56.7 Å². The number of aliphatic hydroxyl groups excluding tert-OH is 2. The molecule has 4 heterocycles. The first-order chi connectivity index (χ1) is 18.4. The number of pyridine rings is 2. The number of hydrogen-bond donors (Lipinski definition) is 2. The van der Waals surface area contributed by atoms with E-state index in [9.17, 15) is 10.2 Å². The number of rotatable bonds is 6. The van der Waals surface area contributed by atoms with Crippen molar-refractivity contribution in [3.63, 3.8) is 0 Å². The fraction of sp³-hybridized carbons (Fsp3) is 0.548. The molecule has 2 fully saturated rings. The molecule has 2 aliphatic rings. The smallest absolute Gasteiger partial charge is 0.0998 e. The largest absolute Gasteiger partial charge is 0.387 e. The number of aromatic nitrogens is 4. The minimum atomic E-state index is -0.678. The summed E-state index contributed by atoms with van der Waals surface area (Å²) in [4.78, 5) is 9.20. The summed E-state index contributed by atoms with van der Waals surface area (Å²) >= 11 is 6.58. The standard InChI is InChI=1S/C31H39ClN4O2/c1-19-11-14-26-27(34-18-36(26)28(19)31(38)21-7-4-3-5-8-21)23-10-6-9-22(15-23)20(2)30(37)29-25(32)13-12-24-16-33-17-35(24)29/h11-14,16-18,20-23,30-31,37-38H,3-10,15H2,1-2H3. The van der Waals surface area contributed by atoms with Crippen molar-refractivity contribution in [3.8, 4) is 0 Å². The monoisotopic (exact) mass is 534 g/mol. The molecule has 5 atom stereocenters. The highest BCUT2D eigenvalue weighted by atomic mass is 35.5. The lowest BCUT2D eigenvalue weighted by Crippen LogP contribution is -2.26. The lowest BCUT2D eigenvalue weighted by molar-refractivity contribution is 0.0608. The molecule has 0 radical (unpaired) electrons. The molecule has 2 N–H and O–H groups in total. The summed E-state index contributed by atoms with van der Waals surface area (Å²) in [5, 5.41) is 23.5. The molecule has 0 spiro atoms. The van der Waals surface area contributed by atoms with Crippen LogP contribution >= 0.6 is 11.6 Å². The highest BCUT2D eigenvalue weighted by Crippen LogP contribution is 2.45. The van der Waals surface area contributed by atoms with Gasteiger partial charge in [0, 0.05) is 5.92 Å². The van der Waals surface area contributed by atoms with Crippen LogP contribution in [0, 0.1) is 24.7 Å². The molecule has 0 aliphatic heterocycles. The Morgan fingerprint density at radius 1 is 0.895 bits per heavy atom. The number of hydrogen-bond acceptors (Lipinski definition) is 4. The Bertz CT molecular complexity index is 1420. The van der Waals surface area contributed by atoms with Crippen LogP contribution < -0.4 is 0 Å². The van der Waals surface area contributed by atoms with E-state index < -0.39 is 12.2 Å². The van der Waals surface area contributed by atoms with E-state index in [0.717, 1.165) is 72.2 Å². The van der Waals surface area contributed by atoms with Crippen LogP contribution in [0.4, 0.5) is 0 Å². The van der Waals surface area contributed by atoms with E-state index in [1.807, 2.05) is 22.9 Å². The van der Waals surface area contributed by atoms with Crippen LogP contribution in [0.2, 0.25) is 5.02 Å². The van der Waals surface area contributed by atoms with Crippen LogP contribution in [0.5, 0.6) is 0 Å². The molecule has 38 heavy (non-hydrogen) atoms. The van der Waals surface area contributed by atoms with Crippen molar-refractivity contribution in [2.45, 2.75) is 89.8 Å². The second-order valence-corrected chi connectivity index (χ2v) is 12.2. The predicted octanol–water partition coefficient (Wildman–Crippen LogP) is 7.20. The van der Waals surface area contributed by atoms with E-state index in [2.05, 4.69) is 35.4 Å². The molecule has 2 saturated carbocycles. The van der Waals surface area contributed by atoms with Crippen LogP contribution in [0.1, 0.15) is 105 Å². The normalized spacial score (nSPS) is 23.6. The fourth-order valence-corrected chi connectivity index (χ4v) is 7.57. The van der Waals surface area contributed by atoms with E-state index in [1.165, 1.54) is 19.3 Å². The summed E-state index contributed by atoms with van der Waals surface area (Å²) in [5.41, 5.74) is 6.04. The van der Waals surface area contributed by atoms with Gasteiger partial charge < -0.3 is 14.6 Å². The van der Waals surface area contributed by atoms with Gasteiger partial charge in [-0.3, -0.25) is 4.40 Å². The van der Waals surface area contributed by atoms with Crippen molar-refractivity contribution in [2.75, 3.05) is 0 Å². The third kappa shape index (κ3) is 4.55. The van der Waals surface area contributed by atoms with E-state index in [4.69, 9.17) is 16.6 Å². The van der Waals surface area contributed by atoms with Gasteiger partial charge in [0.15, 0.2) is 0 Å². The van der Waals surface area contributed by atoms with Gasteiger partial charge >= 0.3 is 0 Å². The van der Waals surface area contributed by atoms with Crippen molar-refractivity contribution in [1.82, 2.24) is 18.8 Å². The summed E-state index contributed by atoms with van der Waals surface area (Å²) < 4.78 is 4.07. The lowest BCUT2D eigenvalue weighted by Gasteiger charge is -2.35. The highest BCUT2D eigenvalue weighted by Gasteiger charge is 2.35. The zero-order valence-corrected chi connectivity index (χ0v) is 23.2. The van der Waals surface area contributed by atoms with Crippen molar-refractivity contribution in [3.05, 3.63) is 70.8 Å². The minimum Gasteiger partial charge on any atom is -0.387 e. The molecular weight excluding hydrogens is 496 g/mol. The quantitative estimate of drug-likeness (QED) is 0.274. The van der Waals surface area contributed by atoms with Crippen LogP contribution in [-0.2, 0) is 0 Å². The van der Waals surface area contributed by atoms with Gasteiger partial charge in [0.2, 0.25) is 0 Å². The molecule has 4 aromatic rings. The number of nitrogens with zero attached hydrogens (tertiary/aromatic N) is 4. The van der Waals surface area contributed by atoms with Crippen LogP contribution in [0.25, 0.3) is 11.0 Å². The molecule has 2 aliphatic carbocycles. The van der Waals surface area contributed by atoms with Gasteiger partial charge in [0.05, 0.1) is 64.2 Å². The van der Waals surface area contributed by atoms with Gasteiger partial charge in [-0.15, -0.1) is 0 Å². The molecule has 5 unspecified atom stereocenters. The summed E-state index contributed by atoms with van der Waals surface area (Å²) in [7, 11) is 0.